The molecule has 2 aromatic rings. The number of carbonyl (C=O) groups excluding carboxylic acids is 1. The van der Waals surface area contributed by atoms with Crippen LogP contribution in [0.3, 0.4) is 0 Å². The number of carbonyl (C=O) groups is 1. The number of benzene rings is 1. The van der Waals surface area contributed by atoms with Gasteiger partial charge in [-0.25, -0.2) is 0 Å². The molecule has 2 rings (SSSR count). The molecule has 4 heteroatoms. The highest BCUT2D eigenvalue weighted by molar-refractivity contribution is 5.80. The molecule has 0 radical (unpaired) electrons. The second kappa shape index (κ2) is 6.57. The molecular formula is C16H22N2O2. The van der Waals surface area contributed by atoms with Gasteiger partial charge in [0.1, 0.15) is 11.3 Å². The van der Waals surface area contributed by atoms with E-state index in [1.54, 1.807) is 0 Å². The molecule has 0 aliphatic carbocycles. The predicted molar refractivity (Wildman–Crippen MR) is 80.5 cm³/mol. The van der Waals surface area contributed by atoms with Crippen molar-refractivity contribution in [1.29, 1.82) is 0 Å². The lowest BCUT2D eigenvalue weighted by Crippen LogP contribution is -2.38. The third-order valence-corrected chi connectivity index (χ3v) is 3.47. The van der Waals surface area contributed by atoms with Crippen LogP contribution in [0.15, 0.2) is 34.7 Å². The van der Waals surface area contributed by atoms with Gasteiger partial charge < -0.3 is 15.1 Å². The summed E-state index contributed by atoms with van der Waals surface area (Å²) in [6.07, 6.45) is 1.01. The summed E-state index contributed by atoms with van der Waals surface area (Å²) in [6.45, 7) is 6.42. The minimum atomic E-state index is -0.131. The first-order valence-corrected chi connectivity index (χ1v) is 7.11. The quantitative estimate of drug-likeness (QED) is 0.851. The van der Waals surface area contributed by atoms with Gasteiger partial charge in [-0.15, -0.1) is 0 Å². The number of para-hydroxylation sites is 1. The fourth-order valence-corrected chi connectivity index (χ4v) is 1.99. The van der Waals surface area contributed by atoms with Crippen LogP contribution in [0, 0.1) is 0 Å². The number of hydrogen-bond acceptors (Lipinski definition) is 3. The van der Waals surface area contributed by atoms with Gasteiger partial charge in [-0.2, -0.15) is 0 Å². The molecule has 0 saturated carbocycles. The molecule has 108 valence electrons. The van der Waals surface area contributed by atoms with Crippen LogP contribution in [0.25, 0.3) is 11.0 Å². The average molecular weight is 274 g/mol. The van der Waals surface area contributed by atoms with Crippen molar-refractivity contribution in [3.63, 3.8) is 0 Å². The predicted octanol–water partition coefficient (Wildman–Crippen LogP) is 3.00. The second-order valence-electron chi connectivity index (χ2n) is 5.17. The molecule has 0 spiro atoms. The number of furan rings is 1. The maximum atomic E-state index is 11.8. The highest BCUT2D eigenvalue weighted by Gasteiger charge is 2.14. The second-order valence-corrected chi connectivity index (χ2v) is 5.17. The lowest BCUT2D eigenvalue weighted by Gasteiger charge is -2.14. The Bertz CT molecular complexity index is 544. The molecule has 0 fully saturated rings. The van der Waals surface area contributed by atoms with Gasteiger partial charge in [-0.3, -0.25) is 4.79 Å². The zero-order chi connectivity index (χ0) is 14.5. The molecule has 20 heavy (non-hydrogen) atoms. The zero-order valence-corrected chi connectivity index (χ0v) is 12.3. The summed E-state index contributed by atoms with van der Waals surface area (Å²) in [5, 5.41) is 7.17. The van der Waals surface area contributed by atoms with Gasteiger partial charge in [0.15, 0.2) is 0 Å². The highest BCUT2D eigenvalue weighted by atomic mass is 16.3. The van der Waals surface area contributed by atoms with Crippen molar-refractivity contribution in [2.75, 3.05) is 6.54 Å². The molecule has 1 heterocycles. The standard InChI is InChI=1S/C16H22N2O2/c1-4-11(2)17-10-16(19)18-12(3)15-9-13-7-5-6-8-14(13)20-15/h5-9,11-12,17H,4,10H2,1-3H3,(H,18,19). The summed E-state index contributed by atoms with van der Waals surface area (Å²) in [5.41, 5.74) is 0.848. The fraction of sp³-hybridized carbons (Fsp3) is 0.438. The van der Waals surface area contributed by atoms with Gasteiger partial charge >= 0.3 is 0 Å². The Morgan fingerprint density at radius 1 is 1.30 bits per heavy atom. The zero-order valence-electron chi connectivity index (χ0n) is 12.3. The lowest BCUT2D eigenvalue weighted by atomic mass is 10.2. The van der Waals surface area contributed by atoms with Crippen LogP contribution >= 0.6 is 0 Å². The largest absolute Gasteiger partial charge is 0.459 e. The van der Waals surface area contributed by atoms with Gasteiger partial charge in [0, 0.05) is 11.4 Å². The van der Waals surface area contributed by atoms with Gasteiger partial charge in [0.2, 0.25) is 5.91 Å². The van der Waals surface area contributed by atoms with E-state index in [2.05, 4.69) is 24.5 Å². The van der Waals surface area contributed by atoms with Crippen molar-refractivity contribution >= 4 is 16.9 Å². The topological polar surface area (TPSA) is 54.3 Å². The maximum Gasteiger partial charge on any atom is 0.234 e. The summed E-state index contributed by atoms with van der Waals surface area (Å²) < 4.78 is 5.74. The molecule has 1 aromatic carbocycles. The molecule has 2 atom stereocenters. The minimum Gasteiger partial charge on any atom is -0.459 e. The Morgan fingerprint density at radius 3 is 2.75 bits per heavy atom. The van der Waals surface area contributed by atoms with Crippen molar-refractivity contribution in [2.24, 2.45) is 0 Å². The van der Waals surface area contributed by atoms with Crippen LogP contribution in [-0.4, -0.2) is 18.5 Å². The summed E-state index contributed by atoms with van der Waals surface area (Å²) in [7, 11) is 0. The summed E-state index contributed by atoms with van der Waals surface area (Å²) in [4.78, 5) is 11.8. The van der Waals surface area contributed by atoms with E-state index in [9.17, 15) is 4.79 Å². The first-order chi connectivity index (χ1) is 9.60. The summed E-state index contributed by atoms with van der Waals surface area (Å²) in [6, 6.07) is 10.0. The summed E-state index contributed by atoms with van der Waals surface area (Å²) in [5.74, 6) is 0.765. The molecule has 0 saturated heterocycles. The van der Waals surface area contributed by atoms with Gasteiger partial charge in [0.05, 0.1) is 12.6 Å². The Morgan fingerprint density at radius 2 is 2.05 bits per heavy atom. The Kier molecular flexibility index (Phi) is 4.79. The van der Waals surface area contributed by atoms with E-state index in [1.165, 1.54) is 0 Å². The van der Waals surface area contributed by atoms with E-state index in [0.29, 0.717) is 12.6 Å². The molecule has 0 aliphatic rings. The van der Waals surface area contributed by atoms with Gasteiger partial charge in [-0.05, 0) is 32.4 Å². The van der Waals surface area contributed by atoms with Crippen LogP contribution in [0.4, 0.5) is 0 Å². The minimum absolute atomic E-state index is 0.0155. The highest BCUT2D eigenvalue weighted by Crippen LogP contribution is 2.23. The number of hydrogen-bond donors (Lipinski definition) is 2. The third-order valence-electron chi connectivity index (χ3n) is 3.47. The van der Waals surface area contributed by atoms with E-state index in [0.717, 1.165) is 23.2 Å². The van der Waals surface area contributed by atoms with E-state index < -0.39 is 0 Å². The Balaban J connectivity index is 1.94. The smallest absolute Gasteiger partial charge is 0.234 e. The molecule has 4 nitrogen and oxygen atoms in total. The summed E-state index contributed by atoms with van der Waals surface area (Å²) >= 11 is 0. The maximum absolute atomic E-state index is 11.8. The van der Waals surface area contributed by atoms with Gasteiger partial charge in [0.25, 0.3) is 0 Å². The molecule has 1 amide bonds. The molecule has 1 aromatic heterocycles. The number of rotatable bonds is 6. The molecule has 0 bridgehead atoms. The average Bonchev–Trinajstić information content (AvgIpc) is 2.88. The fourth-order valence-electron chi connectivity index (χ4n) is 1.99. The van der Waals surface area contributed by atoms with E-state index in [4.69, 9.17) is 4.42 Å². The van der Waals surface area contributed by atoms with Crippen molar-refractivity contribution < 1.29 is 9.21 Å². The first-order valence-electron chi connectivity index (χ1n) is 7.11. The Labute approximate surface area is 119 Å². The van der Waals surface area contributed by atoms with Crippen molar-refractivity contribution in [3.8, 4) is 0 Å². The monoisotopic (exact) mass is 274 g/mol. The van der Waals surface area contributed by atoms with Crippen molar-refractivity contribution in [1.82, 2.24) is 10.6 Å². The lowest BCUT2D eigenvalue weighted by molar-refractivity contribution is -0.121. The van der Waals surface area contributed by atoms with Gasteiger partial charge in [-0.1, -0.05) is 25.1 Å². The van der Waals surface area contributed by atoms with Crippen LogP contribution in [0.1, 0.15) is 39.0 Å². The molecule has 0 aliphatic heterocycles. The number of nitrogens with one attached hydrogen (secondary N) is 2. The number of fused-ring (bicyclic) bond motifs is 1. The van der Waals surface area contributed by atoms with E-state index in [-0.39, 0.29) is 11.9 Å². The van der Waals surface area contributed by atoms with E-state index in [1.807, 2.05) is 37.3 Å². The van der Waals surface area contributed by atoms with Crippen molar-refractivity contribution in [3.05, 3.63) is 36.1 Å². The molecule has 2 N–H and O–H groups in total. The van der Waals surface area contributed by atoms with Crippen LogP contribution in [-0.2, 0) is 4.79 Å². The van der Waals surface area contributed by atoms with Crippen molar-refractivity contribution in [2.45, 2.75) is 39.3 Å². The molecule has 2 unspecified atom stereocenters. The SMILES string of the molecule is CCC(C)NCC(=O)NC(C)c1cc2ccccc2o1. The van der Waals surface area contributed by atoms with Crippen LogP contribution < -0.4 is 10.6 Å². The molecular weight excluding hydrogens is 252 g/mol. The number of amides is 1. The van der Waals surface area contributed by atoms with Crippen LogP contribution in [0.2, 0.25) is 0 Å². The first kappa shape index (κ1) is 14.6. The van der Waals surface area contributed by atoms with Crippen LogP contribution in [0.5, 0.6) is 0 Å². The third kappa shape index (κ3) is 3.61. The Hall–Kier alpha value is -1.81. The normalized spacial score (nSPS) is 14.2. The van der Waals surface area contributed by atoms with E-state index >= 15 is 0 Å².